The first-order chi connectivity index (χ1) is 15.2. The summed E-state index contributed by atoms with van der Waals surface area (Å²) in [7, 11) is 0. The first kappa shape index (κ1) is 23.5. The summed E-state index contributed by atoms with van der Waals surface area (Å²) in [5.41, 5.74) is 2.97. The highest BCUT2D eigenvalue weighted by atomic mass is 16.2. The maximum atomic E-state index is 13.4. The Morgan fingerprint density at radius 1 is 0.906 bits per heavy atom. The number of aryl methyl sites for hydroxylation is 2. The third-order valence-electron chi connectivity index (χ3n) is 5.76. The summed E-state index contributed by atoms with van der Waals surface area (Å²) in [4.78, 5) is 28.1. The van der Waals surface area contributed by atoms with Crippen LogP contribution in [0.15, 0.2) is 66.7 Å². The first-order valence-electron chi connectivity index (χ1n) is 11.3. The average Bonchev–Trinajstić information content (AvgIpc) is 2.75. The predicted molar refractivity (Wildman–Crippen MR) is 131 cm³/mol. The van der Waals surface area contributed by atoms with Crippen molar-refractivity contribution in [1.29, 1.82) is 0 Å². The fraction of sp³-hybridized carbons (Fsp3) is 0.357. The molecule has 1 atom stereocenters. The lowest BCUT2D eigenvalue weighted by atomic mass is 10.00. The van der Waals surface area contributed by atoms with Gasteiger partial charge in [-0.1, -0.05) is 66.7 Å². The van der Waals surface area contributed by atoms with Gasteiger partial charge in [0.05, 0.1) is 0 Å². The predicted octanol–water partition coefficient (Wildman–Crippen LogP) is 5.41. The van der Waals surface area contributed by atoms with Gasteiger partial charge >= 0.3 is 0 Å². The lowest BCUT2D eigenvalue weighted by Crippen LogP contribution is -2.52. The highest BCUT2D eigenvalue weighted by molar-refractivity contribution is 5.89. The molecule has 0 aromatic heterocycles. The van der Waals surface area contributed by atoms with Crippen LogP contribution in [-0.2, 0) is 22.6 Å². The molecule has 4 heteroatoms. The number of nitrogens with one attached hydrogen (secondary N) is 1. The van der Waals surface area contributed by atoms with E-state index in [2.05, 4.69) is 29.6 Å². The molecule has 3 aromatic rings. The number of carbonyl (C=O) groups is 2. The molecule has 0 bridgehead atoms. The van der Waals surface area contributed by atoms with Gasteiger partial charge in [0.25, 0.3) is 0 Å². The quantitative estimate of drug-likeness (QED) is 0.545. The van der Waals surface area contributed by atoms with Crippen LogP contribution in [0.25, 0.3) is 10.8 Å². The molecule has 32 heavy (non-hydrogen) atoms. The molecule has 4 nitrogen and oxygen atoms in total. The maximum absolute atomic E-state index is 13.4. The van der Waals surface area contributed by atoms with Crippen LogP contribution < -0.4 is 5.32 Å². The van der Waals surface area contributed by atoms with Crippen LogP contribution in [0.1, 0.15) is 50.8 Å². The maximum Gasteiger partial charge on any atom is 0.242 e. The van der Waals surface area contributed by atoms with Gasteiger partial charge in [-0.2, -0.15) is 0 Å². The Morgan fingerprint density at radius 2 is 1.53 bits per heavy atom. The monoisotopic (exact) mass is 430 g/mol. The Hall–Kier alpha value is -3.14. The summed E-state index contributed by atoms with van der Waals surface area (Å²) in [5, 5.41) is 5.37. The molecule has 0 saturated carbocycles. The molecule has 0 fully saturated rings. The van der Waals surface area contributed by atoms with Gasteiger partial charge in [0.1, 0.15) is 6.04 Å². The molecule has 0 heterocycles. The third-order valence-corrected chi connectivity index (χ3v) is 5.76. The molecule has 3 rings (SSSR count). The first-order valence-corrected chi connectivity index (χ1v) is 11.3. The van der Waals surface area contributed by atoms with Gasteiger partial charge in [0, 0.05) is 18.5 Å². The molecular weight excluding hydrogens is 396 g/mol. The molecule has 2 amide bonds. The van der Waals surface area contributed by atoms with Crippen molar-refractivity contribution in [3.63, 3.8) is 0 Å². The van der Waals surface area contributed by atoms with Crippen molar-refractivity contribution in [2.24, 2.45) is 0 Å². The summed E-state index contributed by atoms with van der Waals surface area (Å²) < 4.78 is 0. The van der Waals surface area contributed by atoms with E-state index < -0.39 is 6.04 Å². The number of hydrogen-bond donors (Lipinski definition) is 1. The van der Waals surface area contributed by atoms with Gasteiger partial charge < -0.3 is 10.2 Å². The minimum atomic E-state index is -0.561. The zero-order valence-corrected chi connectivity index (χ0v) is 19.8. The standard InChI is InChI=1S/C28H34N2O2/c1-20-11-6-7-13-24(20)19-30(21(2)27(32)29-28(3,4)5)26(31)18-17-23-15-10-14-22-12-8-9-16-25(22)23/h6-16,21H,17-19H2,1-5H3,(H,29,32)/t21-/m0/s1. The topological polar surface area (TPSA) is 49.4 Å². The second-order valence-corrected chi connectivity index (χ2v) is 9.50. The minimum Gasteiger partial charge on any atom is -0.350 e. The fourth-order valence-electron chi connectivity index (χ4n) is 3.92. The molecule has 0 spiro atoms. The number of carbonyl (C=O) groups excluding carboxylic acids is 2. The van der Waals surface area contributed by atoms with Crippen molar-refractivity contribution in [1.82, 2.24) is 10.2 Å². The summed E-state index contributed by atoms with van der Waals surface area (Å²) >= 11 is 0. The second kappa shape index (κ2) is 9.99. The van der Waals surface area contributed by atoms with Gasteiger partial charge in [-0.05, 0) is 68.5 Å². The SMILES string of the molecule is Cc1ccccc1CN(C(=O)CCc1cccc2ccccc12)[C@@H](C)C(=O)NC(C)(C)C. The lowest BCUT2D eigenvalue weighted by molar-refractivity contribution is -0.141. The number of amides is 2. The van der Waals surface area contributed by atoms with Gasteiger partial charge in [-0.3, -0.25) is 9.59 Å². The lowest BCUT2D eigenvalue weighted by Gasteiger charge is -2.32. The summed E-state index contributed by atoms with van der Waals surface area (Å²) in [6.07, 6.45) is 0.991. The largest absolute Gasteiger partial charge is 0.350 e. The summed E-state index contributed by atoms with van der Waals surface area (Å²) in [6.45, 7) is 10.1. The van der Waals surface area contributed by atoms with Gasteiger partial charge in [0.2, 0.25) is 11.8 Å². The zero-order chi connectivity index (χ0) is 23.3. The van der Waals surface area contributed by atoms with Crippen LogP contribution in [0, 0.1) is 6.92 Å². The summed E-state index contributed by atoms with van der Waals surface area (Å²) in [5.74, 6) is -0.151. The van der Waals surface area contributed by atoms with Gasteiger partial charge in [-0.25, -0.2) is 0 Å². The van der Waals surface area contributed by atoms with E-state index in [0.29, 0.717) is 19.4 Å². The molecule has 0 saturated heterocycles. The van der Waals surface area contributed by atoms with Crippen molar-refractivity contribution in [2.45, 2.75) is 65.6 Å². The Bertz CT molecular complexity index is 1090. The van der Waals surface area contributed by atoms with Crippen molar-refractivity contribution >= 4 is 22.6 Å². The molecule has 0 radical (unpaired) electrons. The molecule has 1 N–H and O–H groups in total. The van der Waals surface area contributed by atoms with Crippen molar-refractivity contribution in [3.05, 3.63) is 83.4 Å². The molecule has 0 aliphatic rings. The van der Waals surface area contributed by atoms with E-state index in [1.807, 2.05) is 77.1 Å². The van der Waals surface area contributed by atoms with Crippen LogP contribution in [0.4, 0.5) is 0 Å². The van der Waals surface area contributed by atoms with Crippen molar-refractivity contribution in [2.75, 3.05) is 0 Å². The van der Waals surface area contributed by atoms with E-state index in [4.69, 9.17) is 0 Å². The van der Waals surface area contributed by atoms with Crippen LogP contribution in [-0.4, -0.2) is 28.3 Å². The Labute approximate surface area is 191 Å². The van der Waals surface area contributed by atoms with Crippen LogP contribution in [0.5, 0.6) is 0 Å². The number of nitrogens with zero attached hydrogens (tertiary/aromatic N) is 1. The van der Waals surface area contributed by atoms with Gasteiger partial charge in [-0.15, -0.1) is 0 Å². The molecule has 0 aliphatic heterocycles. The molecule has 0 unspecified atom stereocenters. The molecular formula is C28H34N2O2. The third kappa shape index (κ3) is 5.97. The van der Waals surface area contributed by atoms with E-state index in [1.165, 1.54) is 10.8 Å². The van der Waals surface area contributed by atoms with Crippen molar-refractivity contribution < 1.29 is 9.59 Å². The average molecular weight is 431 g/mol. The Kier molecular flexibility index (Phi) is 7.34. The van der Waals surface area contributed by atoms with Gasteiger partial charge in [0.15, 0.2) is 0 Å². The molecule has 3 aromatic carbocycles. The smallest absolute Gasteiger partial charge is 0.242 e. The fourth-order valence-corrected chi connectivity index (χ4v) is 3.92. The Morgan fingerprint density at radius 3 is 2.25 bits per heavy atom. The number of hydrogen-bond acceptors (Lipinski definition) is 2. The number of fused-ring (bicyclic) bond motifs is 1. The van der Waals surface area contributed by atoms with E-state index >= 15 is 0 Å². The van der Waals surface area contributed by atoms with Crippen LogP contribution >= 0.6 is 0 Å². The zero-order valence-electron chi connectivity index (χ0n) is 19.8. The number of rotatable bonds is 7. The second-order valence-electron chi connectivity index (χ2n) is 9.50. The highest BCUT2D eigenvalue weighted by Crippen LogP contribution is 2.21. The van der Waals surface area contributed by atoms with Crippen molar-refractivity contribution in [3.8, 4) is 0 Å². The summed E-state index contributed by atoms with van der Waals surface area (Å²) in [6, 6.07) is 21.9. The number of benzene rings is 3. The van der Waals surface area contributed by atoms with E-state index in [1.54, 1.807) is 4.90 Å². The molecule has 0 aliphatic carbocycles. The van der Waals surface area contributed by atoms with Crippen LogP contribution in [0.3, 0.4) is 0 Å². The molecule has 168 valence electrons. The minimum absolute atomic E-state index is 0.0160. The normalized spacial score (nSPS) is 12.4. The van der Waals surface area contributed by atoms with E-state index in [-0.39, 0.29) is 17.4 Å². The van der Waals surface area contributed by atoms with E-state index in [0.717, 1.165) is 16.7 Å². The van der Waals surface area contributed by atoms with Crippen LogP contribution in [0.2, 0.25) is 0 Å². The Balaban J connectivity index is 1.82. The van der Waals surface area contributed by atoms with E-state index in [9.17, 15) is 9.59 Å². The highest BCUT2D eigenvalue weighted by Gasteiger charge is 2.28.